The molecule has 2 unspecified atom stereocenters. The number of carbonyl (C=O) groups excluding carboxylic acids is 1. The first-order valence-corrected chi connectivity index (χ1v) is 9.03. The van der Waals surface area contributed by atoms with E-state index < -0.39 is 0 Å². The second kappa shape index (κ2) is 7.88. The maximum Gasteiger partial charge on any atom is 0.159 e. The summed E-state index contributed by atoms with van der Waals surface area (Å²) in [6.07, 6.45) is 5.37. The van der Waals surface area contributed by atoms with E-state index in [0.29, 0.717) is 6.61 Å². The van der Waals surface area contributed by atoms with Crippen molar-refractivity contribution in [1.29, 1.82) is 0 Å². The Morgan fingerprint density at radius 3 is 2.86 bits per heavy atom. The maximum absolute atomic E-state index is 11.6. The van der Waals surface area contributed by atoms with Gasteiger partial charge in [-0.2, -0.15) is 11.8 Å². The van der Waals surface area contributed by atoms with Crippen LogP contribution in [0.5, 0.6) is 5.75 Å². The molecule has 2 nitrogen and oxygen atoms in total. The van der Waals surface area contributed by atoms with Crippen LogP contribution in [0.25, 0.3) is 0 Å². The van der Waals surface area contributed by atoms with Gasteiger partial charge in [0.15, 0.2) is 5.78 Å². The molecule has 0 aliphatic heterocycles. The van der Waals surface area contributed by atoms with Gasteiger partial charge >= 0.3 is 0 Å². The molecule has 0 N–H and O–H groups in total. The minimum absolute atomic E-state index is 0.121. The molecule has 116 valence electrons. The average molecular weight is 306 g/mol. The van der Waals surface area contributed by atoms with Gasteiger partial charge in [0.1, 0.15) is 5.75 Å². The maximum atomic E-state index is 11.6. The third-order valence-corrected chi connectivity index (χ3v) is 5.51. The molecule has 1 aromatic rings. The molecule has 21 heavy (non-hydrogen) atoms. The largest absolute Gasteiger partial charge is 0.494 e. The van der Waals surface area contributed by atoms with Gasteiger partial charge in [-0.15, -0.1) is 0 Å². The summed E-state index contributed by atoms with van der Waals surface area (Å²) in [5.74, 6) is 2.84. The number of thioether (sulfide) groups is 1. The summed E-state index contributed by atoms with van der Waals surface area (Å²) in [7, 11) is 0. The van der Waals surface area contributed by atoms with Crippen LogP contribution >= 0.6 is 11.8 Å². The van der Waals surface area contributed by atoms with E-state index in [-0.39, 0.29) is 5.78 Å². The van der Waals surface area contributed by atoms with Gasteiger partial charge in [0.25, 0.3) is 0 Å². The number of rotatable bonds is 6. The summed E-state index contributed by atoms with van der Waals surface area (Å²) in [6.45, 7) is 6.64. The smallest absolute Gasteiger partial charge is 0.159 e. The van der Waals surface area contributed by atoms with E-state index in [0.717, 1.165) is 33.8 Å². The summed E-state index contributed by atoms with van der Waals surface area (Å²) in [5, 5.41) is 0.754. The second-order valence-electron chi connectivity index (χ2n) is 6.02. The van der Waals surface area contributed by atoms with Gasteiger partial charge in [0.05, 0.1) is 6.61 Å². The number of hydrogen-bond donors (Lipinski definition) is 0. The van der Waals surface area contributed by atoms with Gasteiger partial charge in [0, 0.05) is 22.1 Å². The molecule has 0 heterocycles. The molecule has 2 atom stereocenters. The number of ketones is 1. The first-order valence-electron chi connectivity index (χ1n) is 7.98. The van der Waals surface area contributed by atoms with E-state index in [2.05, 4.69) is 6.92 Å². The molecule has 0 radical (unpaired) electrons. The number of benzene rings is 1. The van der Waals surface area contributed by atoms with Crippen LogP contribution in [-0.4, -0.2) is 17.6 Å². The molecule has 0 saturated heterocycles. The molecule has 2 rings (SSSR count). The number of carbonyl (C=O) groups is 1. The third-order valence-electron chi connectivity index (χ3n) is 4.13. The molecular weight excluding hydrogens is 280 g/mol. The summed E-state index contributed by atoms with van der Waals surface area (Å²) in [6, 6.07) is 5.82. The summed E-state index contributed by atoms with van der Waals surface area (Å²) in [5.41, 5.74) is 1.94. The molecule has 1 saturated carbocycles. The van der Waals surface area contributed by atoms with E-state index >= 15 is 0 Å². The van der Waals surface area contributed by atoms with Gasteiger partial charge in [-0.05, 0) is 50.8 Å². The lowest BCUT2D eigenvalue weighted by Crippen LogP contribution is -2.15. The van der Waals surface area contributed by atoms with Crippen LogP contribution in [0.15, 0.2) is 18.2 Å². The van der Waals surface area contributed by atoms with Crippen LogP contribution in [0.4, 0.5) is 0 Å². The summed E-state index contributed by atoms with van der Waals surface area (Å²) in [4.78, 5) is 11.6. The predicted molar refractivity (Wildman–Crippen MR) is 90.3 cm³/mol. The van der Waals surface area contributed by atoms with Crippen molar-refractivity contribution in [3.63, 3.8) is 0 Å². The van der Waals surface area contributed by atoms with Crippen LogP contribution in [-0.2, 0) is 5.75 Å². The van der Waals surface area contributed by atoms with Crippen molar-refractivity contribution in [1.82, 2.24) is 0 Å². The highest BCUT2D eigenvalue weighted by Crippen LogP contribution is 2.35. The first-order chi connectivity index (χ1) is 10.1. The highest BCUT2D eigenvalue weighted by molar-refractivity contribution is 7.99. The third kappa shape index (κ3) is 4.77. The Balaban J connectivity index is 2.05. The fourth-order valence-electron chi connectivity index (χ4n) is 2.95. The minimum atomic E-state index is 0.121. The number of hydrogen-bond acceptors (Lipinski definition) is 3. The zero-order valence-electron chi connectivity index (χ0n) is 13.4. The van der Waals surface area contributed by atoms with Crippen molar-refractivity contribution < 1.29 is 9.53 Å². The van der Waals surface area contributed by atoms with Gasteiger partial charge in [-0.1, -0.05) is 19.8 Å². The van der Waals surface area contributed by atoms with Crippen LogP contribution in [0, 0.1) is 5.92 Å². The molecule has 0 bridgehead atoms. The number of ether oxygens (including phenoxy) is 1. The van der Waals surface area contributed by atoms with E-state index in [1.54, 1.807) is 6.92 Å². The highest BCUT2D eigenvalue weighted by Gasteiger charge is 2.19. The van der Waals surface area contributed by atoms with Gasteiger partial charge in [-0.3, -0.25) is 4.79 Å². The van der Waals surface area contributed by atoms with Crippen molar-refractivity contribution in [2.75, 3.05) is 6.61 Å². The standard InChI is InChI=1S/C18H26O2S/c1-4-20-18-9-8-15(14(3)19)11-16(18)12-21-17-7-5-6-13(2)10-17/h8-9,11,13,17H,4-7,10,12H2,1-3H3. The lowest BCUT2D eigenvalue weighted by molar-refractivity contribution is 0.101. The quantitative estimate of drug-likeness (QED) is 0.684. The van der Waals surface area contributed by atoms with Crippen molar-refractivity contribution in [2.24, 2.45) is 5.92 Å². The zero-order chi connectivity index (χ0) is 15.2. The molecule has 3 heteroatoms. The lowest BCUT2D eigenvalue weighted by atomic mass is 9.91. The Morgan fingerprint density at radius 2 is 2.19 bits per heavy atom. The van der Waals surface area contributed by atoms with Gasteiger partial charge < -0.3 is 4.74 Å². The number of Topliss-reactive ketones (excluding diaryl/α,β-unsaturated/α-hetero) is 1. The van der Waals surface area contributed by atoms with Crippen molar-refractivity contribution in [3.05, 3.63) is 29.3 Å². The molecule has 0 spiro atoms. The van der Waals surface area contributed by atoms with Gasteiger partial charge in [-0.25, -0.2) is 0 Å². The Labute approximate surface area is 132 Å². The van der Waals surface area contributed by atoms with Crippen molar-refractivity contribution >= 4 is 17.5 Å². The van der Waals surface area contributed by atoms with Crippen LogP contribution < -0.4 is 4.74 Å². The molecule has 1 aromatic carbocycles. The fourth-order valence-corrected chi connectivity index (χ4v) is 4.38. The lowest BCUT2D eigenvalue weighted by Gasteiger charge is -2.26. The Morgan fingerprint density at radius 1 is 1.38 bits per heavy atom. The van der Waals surface area contributed by atoms with E-state index in [9.17, 15) is 4.79 Å². The Bertz CT molecular complexity index is 484. The molecule has 1 fully saturated rings. The Kier molecular flexibility index (Phi) is 6.16. The molecule has 0 aromatic heterocycles. The fraction of sp³-hybridized carbons (Fsp3) is 0.611. The monoisotopic (exact) mass is 306 g/mol. The first kappa shape index (κ1) is 16.4. The topological polar surface area (TPSA) is 26.3 Å². The van der Waals surface area contributed by atoms with E-state index in [1.807, 2.05) is 36.9 Å². The Hall–Kier alpha value is -0.960. The SMILES string of the molecule is CCOc1ccc(C(C)=O)cc1CSC1CCCC(C)C1. The zero-order valence-corrected chi connectivity index (χ0v) is 14.2. The van der Waals surface area contributed by atoms with E-state index in [1.165, 1.54) is 25.7 Å². The summed E-state index contributed by atoms with van der Waals surface area (Å²) < 4.78 is 5.71. The van der Waals surface area contributed by atoms with Crippen LogP contribution in [0.2, 0.25) is 0 Å². The van der Waals surface area contributed by atoms with Crippen LogP contribution in [0.3, 0.4) is 0 Å². The van der Waals surface area contributed by atoms with Crippen molar-refractivity contribution in [3.8, 4) is 5.75 Å². The minimum Gasteiger partial charge on any atom is -0.494 e. The highest BCUT2D eigenvalue weighted by atomic mass is 32.2. The summed E-state index contributed by atoms with van der Waals surface area (Å²) >= 11 is 2.02. The second-order valence-corrected chi connectivity index (χ2v) is 7.31. The average Bonchev–Trinajstić information content (AvgIpc) is 2.46. The van der Waals surface area contributed by atoms with E-state index in [4.69, 9.17) is 4.74 Å². The van der Waals surface area contributed by atoms with Gasteiger partial charge in [0.2, 0.25) is 0 Å². The molecule has 1 aliphatic rings. The molecule has 1 aliphatic carbocycles. The predicted octanol–water partition coefficient (Wildman–Crippen LogP) is 5.10. The van der Waals surface area contributed by atoms with Crippen LogP contribution in [0.1, 0.15) is 62.4 Å². The normalized spacial score (nSPS) is 22.0. The van der Waals surface area contributed by atoms with Crippen molar-refractivity contribution in [2.45, 2.75) is 57.5 Å². The molecular formula is C18H26O2S. The molecule has 0 amide bonds.